The fraction of sp³-hybridized carbons (Fsp3) is 0.588. The van der Waals surface area contributed by atoms with Crippen molar-refractivity contribution in [2.24, 2.45) is 11.8 Å². The van der Waals surface area contributed by atoms with Crippen molar-refractivity contribution in [2.45, 2.75) is 46.1 Å². The molecule has 3 unspecified atom stereocenters. The Labute approximate surface area is 126 Å². The van der Waals surface area contributed by atoms with Crippen LogP contribution in [0.1, 0.15) is 50.4 Å². The Hall–Kier alpha value is -1.71. The zero-order valence-corrected chi connectivity index (χ0v) is 13.1. The average Bonchev–Trinajstić information content (AvgIpc) is 2.45. The summed E-state index contributed by atoms with van der Waals surface area (Å²) in [7, 11) is 0. The van der Waals surface area contributed by atoms with E-state index >= 15 is 0 Å². The van der Waals surface area contributed by atoms with Crippen molar-refractivity contribution >= 4 is 11.7 Å². The summed E-state index contributed by atoms with van der Waals surface area (Å²) in [5.41, 5.74) is 6.91. The number of anilines is 1. The van der Waals surface area contributed by atoms with Crippen molar-refractivity contribution in [3.05, 3.63) is 23.8 Å². The predicted molar refractivity (Wildman–Crippen MR) is 83.4 cm³/mol. The Bertz CT molecular complexity index is 501. The van der Waals surface area contributed by atoms with E-state index in [4.69, 9.17) is 15.2 Å². The molecule has 0 aromatic heterocycles. The summed E-state index contributed by atoms with van der Waals surface area (Å²) >= 11 is 0. The molecule has 1 aliphatic carbocycles. The number of nitrogen functional groups attached to an aromatic ring is 1. The highest BCUT2D eigenvalue weighted by Gasteiger charge is 2.27. The summed E-state index contributed by atoms with van der Waals surface area (Å²) in [4.78, 5) is 12.0. The van der Waals surface area contributed by atoms with E-state index in [2.05, 4.69) is 13.8 Å². The number of hydrogen-bond donors (Lipinski definition) is 1. The van der Waals surface area contributed by atoms with Crippen LogP contribution in [0.2, 0.25) is 0 Å². The molecule has 21 heavy (non-hydrogen) atoms. The fourth-order valence-corrected chi connectivity index (χ4v) is 2.83. The van der Waals surface area contributed by atoms with Gasteiger partial charge in [0, 0.05) is 0 Å². The van der Waals surface area contributed by atoms with E-state index in [9.17, 15) is 4.79 Å². The molecule has 3 atom stereocenters. The summed E-state index contributed by atoms with van der Waals surface area (Å²) in [5, 5.41) is 0. The van der Waals surface area contributed by atoms with Crippen molar-refractivity contribution in [3.8, 4) is 5.75 Å². The van der Waals surface area contributed by atoms with Gasteiger partial charge in [-0.15, -0.1) is 0 Å². The van der Waals surface area contributed by atoms with Crippen LogP contribution in [0.5, 0.6) is 5.75 Å². The zero-order chi connectivity index (χ0) is 15.4. The second kappa shape index (κ2) is 6.83. The standard InChI is InChI=1S/C17H25NO3/c1-4-20-17(19)14-6-5-7-15(18)16(14)21-13-9-8-11(2)12(3)10-13/h5-7,11-13H,4,8-10,18H2,1-3H3. The van der Waals surface area contributed by atoms with Crippen molar-refractivity contribution < 1.29 is 14.3 Å². The normalized spacial score (nSPS) is 25.4. The molecule has 0 amide bonds. The van der Waals surface area contributed by atoms with Crippen molar-refractivity contribution in [3.63, 3.8) is 0 Å². The molecule has 0 saturated heterocycles. The van der Waals surface area contributed by atoms with Crippen molar-refractivity contribution in [1.82, 2.24) is 0 Å². The molecule has 0 aliphatic heterocycles. The van der Waals surface area contributed by atoms with E-state index in [0.29, 0.717) is 29.5 Å². The first-order chi connectivity index (χ1) is 10.0. The molecular weight excluding hydrogens is 266 g/mol. The molecule has 2 rings (SSSR count). The SMILES string of the molecule is CCOC(=O)c1cccc(N)c1OC1CCC(C)C(C)C1. The summed E-state index contributed by atoms with van der Waals surface area (Å²) < 4.78 is 11.2. The van der Waals surface area contributed by atoms with Crippen molar-refractivity contribution in [2.75, 3.05) is 12.3 Å². The predicted octanol–water partition coefficient (Wildman–Crippen LogP) is 3.65. The number of rotatable bonds is 4. The minimum Gasteiger partial charge on any atom is -0.487 e. The molecule has 116 valence electrons. The van der Waals surface area contributed by atoms with Crippen LogP contribution in [0.4, 0.5) is 5.69 Å². The molecule has 1 aromatic carbocycles. The molecule has 0 bridgehead atoms. The Morgan fingerprint density at radius 1 is 1.29 bits per heavy atom. The van der Waals surface area contributed by atoms with Crippen LogP contribution < -0.4 is 10.5 Å². The Morgan fingerprint density at radius 2 is 2.05 bits per heavy atom. The van der Waals surface area contributed by atoms with Gasteiger partial charge in [-0.3, -0.25) is 0 Å². The highest BCUT2D eigenvalue weighted by Crippen LogP contribution is 2.35. The minimum absolute atomic E-state index is 0.120. The summed E-state index contributed by atoms with van der Waals surface area (Å²) in [5.74, 6) is 1.45. The zero-order valence-electron chi connectivity index (χ0n) is 13.1. The van der Waals surface area contributed by atoms with Gasteiger partial charge in [-0.05, 0) is 50.2 Å². The Morgan fingerprint density at radius 3 is 2.71 bits per heavy atom. The topological polar surface area (TPSA) is 61.5 Å². The lowest BCUT2D eigenvalue weighted by molar-refractivity contribution is 0.0511. The number of nitrogens with two attached hydrogens (primary N) is 1. The molecular formula is C17H25NO3. The van der Waals surface area contributed by atoms with E-state index in [1.54, 1.807) is 25.1 Å². The molecule has 2 N–H and O–H groups in total. The van der Waals surface area contributed by atoms with E-state index in [1.165, 1.54) is 0 Å². The van der Waals surface area contributed by atoms with Crippen LogP contribution >= 0.6 is 0 Å². The summed E-state index contributed by atoms with van der Waals surface area (Å²) in [6, 6.07) is 5.21. The summed E-state index contributed by atoms with van der Waals surface area (Å²) in [6.45, 7) is 6.66. The lowest BCUT2D eigenvalue weighted by Crippen LogP contribution is -2.29. The molecule has 1 aromatic rings. The molecule has 1 fully saturated rings. The second-order valence-electron chi connectivity index (χ2n) is 5.95. The van der Waals surface area contributed by atoms with Gasteiger partial charge in [0.05, 0.1) is 18.4 Å². The van der Waals surface area contributed by atoms with Crippen LogP contribution in [0, 0.1) is 11.8 Å². The van der Waals surface area contributed by atoms with Gasteiger partial charge in [-0.1, -0.05) is 19.9 Å². The third kappa shape index (κ3) is 3.69. The van der Waals surface area contributed by atoms with Gasteiger partial charge < -0.3 is 15.2 Å². The van der Waals surface area contributed by atoms with Crippen molar-refractivity contribution in [1.29, 1.82) is 0 Å². The third-order valence-electron chi connectivity index (χ3n) is 4.38. The van der Waals surface area contributed by atoms with Crippen LogP contribution in [0.3, 0.4) is 0 Å². The number of carbonyl (C=O) groups excluding carboxylic acids is 1. The lowest BCUT2D eigenvalue weighted by Gasteiger charge is -2.32. The molecule has 0 spiro atoms. The fourth-order valence-electron chi connectivity index (χ4n) is 2.83. The molecule has 1 aliphatic rings. The second-order valence-corrected chi connectivity index (χ2v) is 5.95. The van der Waals surface area contributed by atoms with Crippen LogP contribution in [0.15, 0.2) is 18.2 Å². The molecule has 0 heterocycles. The highest BCUT2D eigenvalue weighted by atomic mass is 16.5. The first kappa shape index (κ1) is 15.7. The minimum atomic E-state index is -0.378. The smallest absolute Gasteiger partial charge is 0.341 e. The third-order valence-corrected chi connectivity index (χ3v) is 4.38. The number of carbonyl (C=O) groups is 1. The Kier molecular flexibility index (Phi) is 5.10. The monoisotopic (exact) mass is 291 g/mol. The average molecular weight is 291 g/mol. The number of benzene rings is 1. The van der Waals surface area contributed by atoms with Gasteiger partial charge in [0.2, 0.25) is 0 Å². The number of para-hydroxylation sites is 1. The van der Waals surface area contributed by atoms with Gasteiger partial charge in [-0.2, -0.15) is 0 Å². The van der Waals surface area contributed by atoms with Gasteiger partial charge >= 0.3 is 5.97 Å². The van der Waals surface area contributed by atoms with Crippen LogP contribution in [-0.4, -0.2) is 18.7 Å². The van der Waals surface area contributed by atoms with Crippen LogP contribution in [-0.2, 0) is 4.74 Å². The first-order valence-electron chi connectivity index (χ1n) is 7.75. The maximum absolute atomic E-state index is 12.0. The first-order valence-corrected chi connectivity index (χ1v) is 7.75. The van der Waals surface area contributed by atoms with E-state index in [0.717, 1.165) is 25.2 Å². The number of esters is 1. The molecule has 0 radical (unpaired) electrons. The lowest BCUT2D eigenvalue weighted by atomic mass is 9.80. The van der Waals surface area contributed by atoms with Gasteiger partial charge in [-0.25, -0.2) is 4.79 Å². The summed E-state index contributed by atoms with van der Waals surface area (Å²) in [6.07, 6.45) is 3.27. The van der Waals surface area contributed by atoms with E-state index in [1.807, 2.05) is 0 Å². The highest BCUT2D eigenvalue weighted by molar-refractivity contribution is 5.94. The maximum atomic E-state index is 12.0. The van der Waals surface area contributed by atoms with E-state index in [-0.39, 0.29) is 12.1 Å². The quantitative estimate of drug-likeness (QED) is 0.679. The largest absolute Gasteiger partial charge is 0.487 e. The van der Waals surface area contributed by atoms with Gasteiger partial charge in [0.1, 0.15) is 5.56 Å². The van der Waals surface area contributed by atoms with E-state index < -0.39 is 0 Å². The molecule has 4 heteroatoms. The molecule has 1 saturated carbocycles. The molecule has 4 nitrogen and oxygen atoms in total. The number of ether oxygens (including phenoxy) is 2. The number of hydrogen-bond acceptors (Lipinski definition) is 4. The van der Waals surface area contributed by atoms with Gasteiger partial charge in [0.25, 0.3) is 0 Å². The maximum Gasteiger partial charge on any atom is 0.341 e. The van der Waals surface area contributed by atoms with Gasteiger partial charge in [0.15, 0.2) is 5.75 Å². The Balaban J connectivity index is 2.17. The van der Waals surface area contributed by atoms with Crippen LogP contribution in [0.25, 0.3) is 0 Å².